The summed E-state index contributed by atoms with van der Waals surface area (Å²) in [6.45, 7) is 3.42. The molecule has 4 rings (SSSR count). The Morgan fingerprint density at radius 3 is 2.21 bits per heavy atom. The summed E-state index contributed by atoms with van der Waals surface area (Å²) < 4.78 is 39.6. The molecule has 0 unspecified atom stereocenters. The largest absolute Gasteiger partial charge is 0.618 e. The van der Waals surface area contributed by atoms with E-state index in [0.29, 0.717) is 41.2 Å². The fourth-order valence-corrected chi connectivity index (χ4v) is 5.03. The molecule has 1 fully saturated rings. The Hall–Kier alpha value is -2.93. The normalized spacial score (nSPS) is 14.0. The number of nitrogens with zero attached hydrogens (tertiary/aromatic N) is 1. The molecule has 7 heteroatoms. The Morgan fingerprint density at radius 1 is 1.00 bits per heavy atom. The van der Waals surface area contributed by atoms with E-state index in [2.05, 4.69) is 5.32 Å². The van der Waals surface area contributed by atoms with Gasteiger partial charge in [-0.2, -0.15) is 4.73 Å². The maximum Gasteiger partial charge on any atom is 0.190 e. The lowest BCUT2D eigenvalue weighted by Gasteiger charge is -2.16. The van der Waals surface area contributed by atoms with Crippen LogP contribution in [0.5, 0.6) is 0 Å². The predicted octanol–water partition coefficient (Wildman–Crippen LogP) is 4.42. The number of sulfone groups is 1. The number of halogens is 1. The van der Waals surface area contributed by atoms with Crippen molar-refractivity contribution < 1.29 is 17.5 Å². The predicted molar refractivity (Wildman–Crippen MR) is 110 cm³/mol. The van der Waals surface area contributed by atoms with Gasteiger partial charge in [-0.1, -0.05) is 0 Å². The average molecular weight is 412 g/mol. The molecule has 1 aliphatic carbocycles. The number of nitrogens with one attached hydrogen (secondary N) is 1. The van der Waals surface area contributed by atoms with Crippen molar-refractivity contribution in [1.82, 2.24) is 0 Å². The van der Waals surface area contributed by atoms with Gasteiger partial charge < -0.3 is 10.5 Å². The lowest BCUT2D eigenvalue weighted by atomic mass is 10.0. The molecule has 0 radical (unpaired) electrons. The fourth-order valence-electron chi connectivity index (χ4n) is 3.35. The number of aryl methyl sites for hydroxylation is 2. The number of hydrogen-bond acceptors (Lipinski definition) is 4. The molecule has 1 N–H and O–H groups in total. The van der Waals surface area contributed by atoms with E-state index < -0.39 is 9.84 Å². The second-order valence-corrected chi connectivity index (χ2v) is 9.63. The lowest BCUT2D eigenvalue weighted by molar-refractivity contribution is -0.619. The highest BCUT2D eigenvalue weighted by molar-refractivity contribution is 7.92. The van der Waals surface area contributed by atoms with E-state index >= 15 is 0 Å². The molecule has 2 aromatic carbocycles. The van der Waals surface area contributed by atoms with Crippen LogP contribution in [0.1, 0.15) is 24.2 Å². The molecule has 1 aromatic heterocycles. The summed E-state index contributed by atoms with van der Waals surface area (Å²) in [6, 6.07) is 14.4. The van der Waals surface area contributed by atoms with Crippen LogP contribution < -0.4 is 10.0 Å². The molecule has 1 saturated carbocycles. The van der Waals surface area contributed by atoms with Crippen molar-refractivity contribution >= 4 is 21.2 Å². The Labute approximate surface area is 169 Å². The Bertz CT molecular complexity index is 1160. The van der Waals surface area contributed by atoms with E-state index in [0.717, 1.165) is 10.3 Å². The molecular formula is C22H21FN2O3S. The molecule has 1 heterocycles. The van der Waals surface area contributed by atoms with Crippen LogP contribution in [-0.2, 0) is 9.84 Å². The van der Waals surface area contributed by atoms with Crippen LogP contribution >= 0.6 is 0 Å². The molecule has 0 atom stereocenters. The van der Waals surface area contributed by atoms with Crippen LogP contribution in [0, 0.1) is 24.9 Å². The van der Waals surface area contributed by atoms with Crippen molar-refractivity contribution in [3.8, 4) is 11.1 Å². The third-order valence-corrected chi connectivity index (χ3v) is 7.35. The van der Waals surface area contributed by atoms with Crippen LogP contribution in [0.2, 0.25) is 0 Å². The Kier molecular flexibility index (Phi) is 4.78. The Balaban J connectivity index is 1.85. The third kappa shape index (κ3) is 3.82. The van der Waals surface area contributed by atoms with Crippen LogP contribution in [0.3, 0.4) is 0 Å². The Morgan fingerprint density at radius 2 is 1.62 bits per heavy atom. The van der Waals surface area contributed by atoms with Crippen molar-refractivity contribution in [1.29, 1.82) is 0 Å². The van der Waals surface area contributed by atoms with Gasteiger partial charge >= 0.3 is 0 Å². The minimum Gasteiger partial charge on any atom is -0.618 e. The quantitative estimate of drug-likeness (QED) is 0.497. The van der Waals surface area contributed by atoms with Crippen LogP contribution in [0.4, 0.5) is 15.8 Å². The van der Waals surface area contributed by atoms with Crippen LogP contribution in [-0.4, -0.2) is 13.7 Å². The van der Waals surface area contributed by atoms with Crippen molar-refractivity contribution in [2.75, 3.05) is 5.32 Å². The van der Waals surface area contributed by atoms with E-state index in [1.54, 1.807) is 56.3 Å². The average Bonchev–Trinajstić information content (AvgIpc) is 3.53. The molecule has 3 aromatic rings. The lowest BCUT2D eigenvalue weighted by Crippen LogP contribution is -2.33. The summed E-state index contributed by atoms with van der Waals surface area (Å²) in [5.74, 6) is -0.337. The first-order valence-electron chi connectivity index (χ1n) is 9.37. The summed E-state index contributed by atoms with van der Waals surface area (Å²) in [5, 5.41) is 15.0. The zero-order valence-corrected chi connectivity index (χ0v) is 17.0. The molecule has 150 valence electrons. The minimum absolute atomic E-state index is 0.272. The van der Waals surface area contributed by atoms with Gasteiger partial charge in [0.1, 0.15) is 5.82 Å². The number of rotatable bonds is 5. The molecule has 0 amide bonds. The topological polar surface area (TPSA) is 73.1 Å². The summed E-state index contributed by atoms with van der Waals surface area (Å²) >= 11 is 0. The summed E-state index contributed by atoms with van der Waals surface area (Å²) in [6.07, 6.45) is 1.37. The monoisotopic (exact) mass is 412 g/mol. The zero-order chi connectivity index (χ0) is 20.8. The van der Waals surface area contributed by atoms with Gasteiger partial charge in [-0.25, -0.2) is 12.8 Å². The van der Waals surface area contributed by atoms with Gasteiger partial charge in [-0.05, 0) is 60.9 Å². The first-order valence-corrected chi connectivity index (χ1v) is 10.9. The van der Waals surface area contributed by atoms with E-state index in [-0.39, 0.29) is 16.0 Å². The molecular weight excluding hydrogens is 391 g/mol. The summed E-state index contributed by atoms with van der Waals surface area (Å²) in [5.41, 5.74) is 3.79. The fraction of sp³-hybridized carbons (Fsp3) is 0.227. The second-order valence-electron chi connectivity index (χ2n) is 7.40. The van der Waals surface area contributed by atoms with Gasteiger partial charge in [0.25, 0.3) is 0 Å². The SMILES string of the molecule is Cc1cc(-c2cc(S(=O)(=O)C3CC3)ccc2Nc2ccc(F)cc2)cc(C)[n+]1[O-]. The van der Waals surface area contributed by atoms with Gasteiger partial charge in [0.15, 0.2) is 21.2 Å². The first-order chi connectivity index (χ1) is 13.8. The number of aromatic nitrogens is 1. The van der Waals surface area contributed by atoms with Gasteiger partial charge in [0.2, 0.25) is 0 Å². The van der Waals surface area contributed by atoms with Crippen molar-refractivity contribution in [2.24, 2.45) is 0 Å². The molecule has 0 saturated heterocycles. The van der Waals surface area contributed by atoms with Crippen molar-refractivity contribution in [2.45, 2.75) is 36.8 Å². The van der Waals surface area contributed by atoms with Crippen molar-refractivity contribution in [3.63, 3.8) is 0 Å². The molecule has 29 heavy (non-hydrogen) atoms. The highest BCUT2D eigenvalue weighted by atomic mass is 32.2. The van der Waals surface area contributed by atoms with Gasteiger partial charge in [0, 0.05) is 42.9 Å². The second kappa shape index (κ2) is 7.15. The standard InChI is InChI=1S/C22H21FN2O3S/c1-14-11-16(12-15(2)25(14)26)21-13-20(29(27,28)19-7-8-19)9-10-22(21)24-18-5-3-17(23)4-6-18/h3-6,9-13,19,24H,7-8H2,1-2H3. The maximum absolute atomic E-state index is 13.2. The smallest absolute Gasteiger partial charge is 0.190 e. The van der Waals surface area contributed by atoms with Crippen LogP contribution in [0.15, 0.2) is 59.5 Å². The highest BCUT2D eigenvalue weighted by Gasteiger charge is 2.37. The highest BCUT2D eigenvalue weighted by Crippen LogP contribution is 2.38. The molecule has 0 spiro atoms. The maximum atomic E-state index is 13.2. The van der Waals surface area contributed by atoms with E-state index in [1.165, 1.54) is 12.1 Å². The van der Waals surface area contributed by atoms with Crippen molar-refractivity contribution in [3.05, 3.63) is 77.0 Å². The van der Waals surface area contributed by atoms with E-state index in [4.69, 9.17) is 0 Å². The number of pyridine rings is 1. The van der Waals surface area contributed by atoms with Crippen LogP contribution in [0.25, 0.3) is 11.1 Å². The van der Waals surface area contributed by atoms with E-state index in [9.17, 15) is 18.0 Å². The number of benzene rings is 2. The molecule has 0 bridgehead atoms. The molecule has 5 nitrogen and oxygen atoms in total. The molecule has 0 aliphatic heterocycles. The van der Waals surface area contributed by atoms with Gasteiger partial charge in [-0.3, -0.25) is 0 Å². The van der Waals surface area contributed by atoms with Gasteiger partial charge in [0.05, 0.1) is 10.1 Å². The molecule has 1 aliphatic rings. The third-order valence-electron chi connectivity index (χ3n) is 5.09. The van der Waals surface area contributed by atoms with Gasteiger partial charge in [-0.15, -0.1) is 0 Å². The number of anilines is 2. The van der Waals surface area contributed by atoms with E-state index in [1.807, 2.05) is 0 Å². The summed E-state index contributed by atoms with van der Waals surface area (Å²) in [7, 11) is -3.36. The number of hydrogen-bond donors (Lipinski definition) is 1. The minimum atomic E-state index is -3.36. The zero-order valence-electron chi connectivity index (χ0n) is 16.1. The summed E-state index contributed by atoms with van der Waals surface area (Å²) in [4.78, 5) is 0.272. The first kappa shape index (κ1) is 19.4.